The zero-order valence-corrected chi connectivity index (χ0v) is 17.3. The van der Waals surface area contributed by atoms with Gasteiger partial charge in [0.25, 0.3) is 0 Å². The summed E-state index contributed by atoms with van der Waals surface area (Å²) in [4.78, 5) is 32.9. The van der Waals surface area contributed by atoms with E-state index in [9.17, 15) is 9.59 Å². The summed E-state index contributed by atoms with van der Waals surface area (Å²) in [5.41, 5.74) is 3.08. The molecule has 2 aliphatic rings. The number of nitrogens with one attached hydrogen (secondary N) is 2. The number of likely N-dealkylation sites (tertiary alicyclic amines) is 1. The van der Waals surface area contributed by atoms with E-state index >= 15 is 0 Å². The van der Waals surface area contributed by atoms with E-state index in [1.165, 1.54) is 12.8 Å². The van der Waals surface area contributed by atoms with Crippen LogP contribution in [0.2, 0.25) is 0 Å². The number of anilines is 1. The molecule has 0 atom stereocenters. The Bertz CT molecular complexity index is 877. The Labute approximate surface area is 177 Å². The van der Waals surface area contributed by atoms with E-state index < -0.39 is 0 Å². The number of amides is 3. The van der Waals surface area contributed by atoms with Gasteiger partial charge in [-0.2, -0.15) is 0 Å². The lowest BCUT2D eigenvalue weighted by Gasteiger charge is -2.18. The van der Waals surface area contributed by atoms with Gasteiger partial charge in [-0.25, -0.2) is 9.78 Å². The number of pyridine rings is 1. The summed E-state index contributed by atoms with van der Waals surface area (Å²) in [7, 11) is 0. The van der Waals surface area contributed by atoms with Crippen LogP contribution in [0.3, 0.4) is 0 Å². The minimum Gasteiger partial charge on any atom is -0.357 e. The van der Waals surface area contributed by atoms with Gasteiger partial charge in [-0.05, 0) is 42.0 Å². The number of nitrogens with zero attached hydrogens (tertiary/aromatic N) is 3. The Hall–Kier alpha value is -3.09. The quantitative estimate of drug-likeness (QED) is 0.740. The van der Waals surface area contributed by atoms with E-state index in [2.05, 4.69) is 20.5 Å². The van der Waals surface area contributed by atoms with Crippen molar-refractivity contribution < 1.29 is 9.59 Å². The molecule has 0 bridgehead atoms. The first kappa shape index (κ1) is 20.2. The lowest BCUT2D eigenvalue weighted by atomic mass is 10.1. The summed E-state index contributed by atoms with van der Waals surface area (Å²) in [5, 5.41) is 5.81. The normalized spacial score (nSPS) is 16.2. The summed E-state index contributed by atoms with van der Waals surface area (Å²) in [5.74, 6) is 1.22. The molecule has 7 nitrogen and oxygen atoms in total. The fourth-order valence-electron chi connectivity index (χ4n) is 4.04. The van der Waals surface area contributed by atoms with Crippen molar-refractivity contribution in [2.75, 3.05) is 24.5 Å². The second-order valence-electron chi connectivity index (χ2n) is 7.94. The third-order valence-electron chi connectivity index (χ3n) is 5.78. The number of hydrogen-bond donors (Lipinski definition) is 2. The van der Waals surface area contributed by atoms with Gasteiger partial charge in [-0.1, -0.05) is 30.3 Å². The lowest BCUT2D eigenvalue weighted by Crippen LogP contribution is -2.35. The van der Waals surface area contributed by atoms with Crippen molar-refractivity contribution in [3.05, 3.63) is 59.3 Å². The smallest absolute Gasteiger partial charge is 0.315 e. The number of hydrogen-bond acceptors (Lipinski definition) is 4. The van der Waals surface area contributed by atoms with Crippen LogP contribution in [-0.4, -0.2) is 41.5 Å². The molecule has 0 radical (unpaired) electrons. The molecular weight excluding hydrogens is 378 g/mol. The first-order valence-electron chi connectivity index (χ1n) is 10.8. The molecule has 0 unspecified atom stereocenters. The summed E-state index contributed by atoms with van der Waals surface area (Å²) in [6, 6.07) is 11.8. The average Bonchev–Trinajstić information content (AvgIpc) is 3.44. The average molecular weight is 408 g/mol. The minimum atomic E-state index is -0.217. The molecule has 7 heteroatoms. The van der Waals surface area contributed by atoms with Crippen molar-refractivity contribution in [3.8, 4) is 0 Å². The van der Waals surface area contributed by atoms with Gasteiger partial charge < -0.3 is 20.4 Å². The fourth-order valence-corrected chi connectivity index (χ4v) is 4.04. The van der Waals surface area contributed by atoms with Gasteiger partial charge in [-0.15, -0.1) is 0 Å². The maximum Gasteiger partial charge on any atom is 0.315 e. The first-order chi connectivity index (χ1) is 14.7. The summed E-state index contributed by atoms with van der Waals surface area (Å²) < 4.78 is 0. The minimum absolute atomic E-state index is 0.208. The van der Waals surface area contributed by atoms with Crippen molar-refractivity contribution in [2.45, 2.75) is 45.3 Å². The second-order valence-corrected chi connectivity index (χ2v) is 7.94. The Morgan fingerprint density at radius 1 is 0.933 bits per heavy atom. The molecule has 2 saturated heterocycles. The van der Waals surface area contributed by atoms with Crippen LogP contribution in [0.4, 0.5) is 10.6 Å². The van der Waals surface area contributed by atoms with Crippen LogP contribution in [-0.2, 0) is 24.4 Å². The van der Waals surface area contributed by atoms with Gasteiger partial charge in [0, 0.05) is 51.9 Å². The van der Waals surface area contributed by atoms with Gasteiger partial charge in [-0.3, -0.25) is 4.79 Å². The van der Waals surface area contributed by atoms with Crippen LogP contribution in [0.25, 0.3) is 0 Å². The zero-order chi connectivity index (χ0) is 20.8. The maximum atomic E-state index is 12.3. The highest BCUT2D eigenvalue weighted by Gasteiger charge is 2.21. The molecule has 30 heavy (non-hydrogen) atoms. The van der Waals surface area contributed by atoms with E-state index in [-0.39, 0.29) is 11.9 Å². The van der Waals surface area contributed by atoms with Crippen molar-refractivity contribution in [2.24, 2.45) is 0 Å². The van der Waals surface area contributed by atoms with Crippen LogP contribution in [0.1, 0.15) is 42.4 Å². The number of carbonyl (C=O) groups excluding carboxylic acids is 2. The predicted octanol–water partition coefficient (Wildman–Crippen LogP) is 2.80. The Kier molecular flexibility index (Phi) is 6.47. The summed E-state index contributed by atoms with van der Waals surface area (Å²) in [6.45, 7) is 4.42. The molecule has 3 amide bonds. The molecule has 158 valence electrons. The van der Waals surface area contributed by atoms with E-state index in [1.807, 2.05) is 47.5 Å². The van der Waals surface area contributed by atoms with Crippen molar-refractivity contribution >= 4 is 17.8 Å². The first-order valence-corrected chi connectivity index (χ1v) is 10.8. The van der Waals surface area contributed by atoms with Crippen LogP contribution < -0.4 is 15.5 Å². The molecule has 2 aliphatic heterocycles. The number of carbonyl (C=O) groups is 2. The largest absolute Gasteiger partial charge is 0.357 e. The Morgan fingerprint density at radius 2 is 1.70 bits per heavy atom. The highest BCUT2D eigenvalue weighted by Crippen LogP contribution is 2.18. The molecule has 2 aromatic rings. The summed E-state index contributed by atoms with van der Waals surface area (Å²) in [6.07, 6.45) is 5.84. The molecule has 1 aromatic carbocycles. The standard InChI is InChI=1S/C23H29N5O2/c29-22-8-5-13-28(22)17-20-7-2-1-6-19(20)16-26-23(30)25-15-18-9-10-21(24-14-18)27-11-3-4-12-27/h1-2,6-7,9-10,14H,3-5,8,11-13,15-17H2,(H2,25,26,30). The number of benzene rings is 1. The monoisotopic (exact) mass is 407 g/mol. The fraction of sp³-hybridized carbons (Fsp3) is 0.435. The SMILES string of the molecule is O=C(NCc1ccc(N2CCCC2)nc1)NCc1ccccc1CN1CCCC1=O. The molecule has 1 aromatic heterocycles. The molecule has 0 spiro atoms. The summed E-state index contributed by atoms with van der Waals surface area (Å²) >= 11 is 0. The highest BCUT2D eigenvalue weighted by molar-refractivity contribution is 5.78. The van der Waals surface area contributed by atoms with Gasteiger partial charge in [0.05, 0.1) is 0 Å². The predicted molar refractivity (Wildman–Crippen MR) is 116 cm³/mol. The molecule has 4 rings (SSSR count). The number of rotatable bonds is 7. The lowest BCUT2D eigenvalue weighted by molar-refractivity contribution is -0.128. The Balaban J connectivity index is 1.25. The van der Waals surface area contributed by atoms with Gasteiger partial charge in [0.1, 0.15) is 5.82 Å². The molecule has 3 heterocycles. The van der Waals surface area contributed by atoms with Crippen LogP contribution in [0.15, 0.2) is 42.6 Å². The topological polar surface area (TPSA) is 77.6 Å². The maximum absolute atomic E-state index is 12.3. The third kappa shape index (κ3) is 5.09. The number of aromatic nitrogens is 1. The van der Waals surface area contributed by atoms with Gasteiger partial charge in [0.2, 0.25) is 5.91 Å². The van der Waals surface area contributed by atoms with Crippen molar-refractivity contribution in [1.29, 1.82) is 0 Å². The molecule has 0 saturated carbocycles. The van der Waals surface area contributed by atoms with Gasteiger partial charge in [0.15, 0.2) is 0 Å². The van der Waals surface area contributed by atoms with Crippen molar-refractivity contribution in [3.63, 3.8) is 0 Å². The molecule has 2 fully saturated rings. The van der Waals surface area contributed by atoms with E-state index in [0.29, 0.717) is 26.1 Å². The van der Waals surface area contributed by atoms with Crippen molar-refractivity contribution in [1.82, 2.24) is 20.5 Å². The van der Waals surface area contributed by atoms with Crippen LogP contribution in [0, 0.1) is 0 Å². The molecule has 2 N–H and O–H groups in total. The van der Waals surface area contributed by atoms with E-state index in [0.717, 1.165) is 48.6 Å². The van der Waals surface area contributed by atoms with E-state index in [1.54, 1.807) is 0 Å². The van der Waals surface area contributed by atoms with E-state index in [4.69, 9.17) is 0 Å². The van der Waals surface area contributed by atoms with Crippen LogP contribution >= 0.6 is 0 Å². The third-order valence-corrected chi connectivity index (χ3v) is 5.78. The Morgan fingerprint density at radius 3 is 2.40 bits per heavy atom. The van der Waals surface area contributed by atoms with Crippen LogP contribution in [0.5, 0.6) is 0 Å². The molecular formula is C23H29N5O2. The molecule has 0 aliphatic carbocycles. The van der Waals surface area contributed by atoms with Gasteiger partial charge >= 0.3 is 6.03 Å². The zero-order valence-electron chi connectivity index (χ0n) is 17.3. The second kappa shape index (κ2) is 9.61. The highest BCUT2D eigenvalue weighted by atomic mass is 16.2. The number of urea groups is 1.